The van der Waals surface area contributed by atoms with Gasteiger partial charge in [0, 0.05) is 32.2 Å². The standard InChI is InChI=1S/C16H26N2O/c1-16(2)12-17-15(11-19)10-18(13-16)9-8-14-6-4-3-5-7-14/h3-7,15,17,19H,8-13H2,1-2H3. The molecule has 3 nitrogen and oxygen atoms in total. The van der Waals surface area contributed by atoms with Crippen LogP contribution in [0.5, 0.6) is 0 Å². The molecule has 1 unspecified atom stereocenters. The highest BCUT2D eigenvalue weighted by Crippen LogP contribution is 2.19. The molecule has 2 N–H and O–H groups in total. The van der Waals surface area contributed by atoms with Gasteiger partial charge in [-0.15, -0.1) is 0 Å². The van der Waals surface area contributed by atoms with Gasteiger partial charge in [0.05, 0.1) is 6.61 Å². The molecule has 106 valence electrons. The third-order valence-corrected chi connectivity index (χ3v) is 3.78. The second-order valence-corrected chi connectivity index (χ2v) is 6.40. The molecular weight excluding hydrogens is 236 g/mol. The van der Waals surface area contributed by atoms with Crippen molar-refractivity contribution in [3.8, 4) is 0 Å². The van der Waals surface area contributed by atoms with Crippen LogP contribution in [0.3, 0.4) is 0 Å². The van der Waals surface area contributed by atoms with Crippen molar-refractivity contribution >= 4 is 0 Å². The normalized spacial score (nSPS) is 24.1. The van der Waals surface area contributed by atoms with Crippen molar-refractivity contribution in [2.24, 2.45) is 5.41 Å². The zero-order valence-corrected chi connectivity index (χ0v) is 12.1. The van der Waals surface area contributed by atoms with Crippen molar-refractivity contribution in [2.75, 3.05) is 32.8 Å². The van der Waals surface area contributed by atoms with Crippen LogP contribution in [0.2, 0.25) is 0 Å². The predicted octanol–water partition coefficient (Wildman–Crippen LogP) is 1.52. The van der Waals surface area contributed by atoms with Crippen molar-refractivity contribution in [1.29, 1.82) is 0 Å². The van der Waals surface area contributed by atoms with E-state index in [9.17, 15) is 5.11 Å². The summed E-state index contributed by atoms with van der Waals surface area (Å²) in [6.07, 6.45) is 1.08. The van der Waals surface area contributed by atoms with Gasteiger partial charge < -0.3 is 15.3 Å². The number of benzene rings is 1. The molecule has 1 aromatic rings. The van der Waals surface area contributed by atoms with E-state index in [0.717, 1.165) is 32.6 Å². The van der Waals surface area contributed by atoms with Crippen LogP contribution in [0.25, 0.3) is 0 Å². The van der Waals surface area contributed by atoms with Gasteiger partial charge in [-0.3, -0.25) is 0 Å². The quantitative estimate of drug-likeness (QED) is 0.863. The average molecular weight is 262 g/mol. The summed E-state index contributed by atoms with van der Waals surface area (Å²) in [5.41, 5.74) is 1.65. The van der Waals surface area contributed by atoms with Gasteiger partial charge in [0.2, 0.25) is 0 Å². The number of aliphatic hydroxyl groups excluding tert-OH is 1. The Hall–Kier alpha value is -0.900. The van der Waals surface area contributed by atoms with Crippen LogP contribution in [0, 0.1) is 5.41 Å². The number of nitrogens with one attached hydrogen (secondary N) is 1. The van der Waals surface area contributed by atoms with Crippen molar-refractivity contribution in [1.82, 2.24) is 10.2 Å². The molecule has 2 rings (SSSR count). The molecule has 1 aliphatic heterocycles. The lowest BCUT2D eigenvalue weighted by molar-refractivity contribution is 0.184. The molecule has 0 amide bonds. The minimum atomic E-state index is 0.206. The van der Waals surface area contributed by atoms with Crippen molar-refractivity contribution in [3.63, 3.8) is 0 Å². The van der Waals surface area contributed by atoms with Crippen LogP contribution in [0.4, 0.5) is 0 Å². The topological polar surface area (TPSA) is 35.5 Å². The molecule has 0 aromatic heterocycles. The molecule has 1 aliphatic rings. The summed E-state index contributed by atoms with van der Waals surface area (Å²) in [6, 6.07) is 10.8. The number of rotatable bonds is 4. The fourth-order valence-corrected chi connectivity index (χ4v) is 2.75. The summed E-state index contributed by atoms with van der Waals surface area (Å²) < 4.78 is 0. The van der Waals surface area contributed by atoms with E-state index in [4.69, 9.17) is 0 Å². The Morgan fingerprint density at radius 1 is 1.32 bits per heavy atom. The van der Waals surface area contributed by atoms with Gasteiger partial charge in [-0.25, -0.2) is 0 Å². The van der Waals surface area contributed by atoms with Gasteiger partial charge in [-0.2, -0.15) is 0 Å². The Morgan fingerprint density at radius 3 is 2.74 bits per heavy atom. The molecular formula is C16H26N2O. The van der Waals surface area contributed by atoms with Crippen LogP contribution < -0.4 is 5.32 Å². The van der Waals surface area contributed by atoms with Crippen LogP contribution in [0.15, 0.2) is 30.3 Å². The molecule has 1 fully saturated rings. The third-order valence-electron chi connectivity index (χ3n) is 3.78. The number of nitrogens with zero attached hydrogens (tertiary/aromatic N) is 1. The molecule has 1 saturated heterocycles. The monoisotopic (exact) mass is 262 g/mol. The predicted molar refractivity (Wildman–Crippen MR) is 79.2 cm³/mol. The first-order valence-electron chi connectivity index (χ1n) is 7.19. The Labute approximate surface area is 116 Å². The lowest BCUT2D eigenvalue weighted by Crippen LogP contribution is -2.40. The Kier molecular flexibility index (Phi) is 4.97. The second kappa shape index (κ2) is 6.51. The van der Waals surface area contributed by atoms with E-state index in [1.165, 1.54) is 5.56 Å². The van der Waals surface area contributed by atoms with Gasteiger partial charge in [0.1, 0.15) is 0 Å². The molecule has 0 bridgehead atoms. The van der Waals surface area contributed by atoms with E-state index in [1.54, 1.807) is 0 Å². The maximum absolute atomic E-state index is 9.40. The van der Waals surface area contributed by atoms with Gasteiger partial charge in [0.15, 0.2) is 0 Å². The fraction of sp³-hybridized carbons (Fsp3) is 0.625. The Balaban J connectivity index is 1.93. The number of hydrogen-bond donors (Lipinski definition) is 2. The molecule has 0 saturated carbocycles. The maximum atomic E-state index is 9.40. The zero-order chi connectivity index (χ0) is 13.7. The second-order valence-electron chi connectivity index (χ2n) is 6.40. The van der Waals surface area contributed by atoms with Gasteiger partial charge in [-0.05, 0) is 17.4 Å². The van der Waals surface area contributed by atoms with Crippen LogP contribution in [0.1, 0.15) is 19.4 Å². The fourth-order valence-electron chi connectivity index (χ4n) is 2.75. The van der Waals surface area contributed by atoms with E-state index in [2.05, 4.69) is 54.4 Å². The van der Waals surface area contributed by atoms with E-state index in [1.807, 2.05) is 0 Å². The molecule has 0 spiro atoms. The minimum Gasteiger partial charge on any atom is -0.395 e. The summed E-state index contributed by atoms with van der Waals surface area (Å²) in [6.45, 7) is 8.85. The van der Waals surface area contributed by atoms with Crippen LogP contribution in [-0.4, -0.2) is 48.8 Å². The van der Waals surface area contributed by atoms with E-state index >= 15 is 0 Å². The van der Waals surface area contributed by atoms with Crippen molar-refractivity contribution < 1.29 is 5.11 Å². The van der Waals surface area contributed by atoms with Gasteiger partial charge >= 0.3 is 0 Å². The summed E-state index contributed by atoms with van der Waals surface area (Å²) in [5, 5.41) is 12.9. The maximum Gasteiger partial charge on any atom is 0.0597 e. The summed E-state index contributed by atoms with van der Waals surface area (Å²) in [4.78, 5) is 2.48. The van der Waals surface area contributed by atoms with Crippen molar-refractivity contribution in [3.05, 3.63) is 35.9 Å². The van der Waals surface area contributed by atoms with E-state index < -0.39 is 0 Å². The van der Waals surface area contributed by atoms with E-state index in [0.29, 0.717) is 0 Å². The average Bonchev–Trinajstić information content (AvgIpc) is 2.56. The highest BCUT2D eigenvalue weighted by Gasteiger charge is 2.28. The minimum absolute atomic E-state index is 0.206. The Morgan fingerprint density at radius 2 is 2.05 bits per heavy atom. The lowest BCUT2D eigenvalue weighted by atomic mass is 9.93. The molecule has 1 heterocycles. The molecule has 0 aliphatic carbocycles. The molecule has 0 radical (unpaired) electrons. The van der Waals surface area contributed by atoms with Crippen LogP contribution >= 0.6 is 0 Å². The zero-order valence-electron chi connectivity index (χ0n) is 12.1. The summed E-state index contributed by atoms with van der Waals surface area (Å²) in [7, 11) is 0. The Bertz CT molecular complexity index is 378. The summed E-state index contributed by atoms with van der Waals surface area (Å²) >= 11 is 0. The third kappa shape index (κ3) is 4.60. The first-order valence-corrected chi connectivity index (χ1v) is 7.19. The first kappa shape index (κ1) is 14.5. The first-order chi connectivity index (χ1) is 9.09. The highest BCUT2D eigenvalue weighted by molar-refractivity contribution is 5.14. The number of hydrogen-bond acceptors (Lipinski definition) is 3. The highest BCUT2D eigenvalue weighted by atomic mass is 16.3. The summed E-state index contributed by atoms with van der Waals surface area (Å²) in [5.74, 6) is 0. The molecule has 19 heavy (non-hydrogen) atoms. The van der Waals surface area contributed by atoms with Gasteiger partial charge in [0.25, 0.3) is 0 Å². The smallest absolute Gasteiger partial charge is 0.0597 e. The molecule has 1 aromatic carbocycles. The lowest BCUT2D eigenvalue weighted by Gasteiger charge is -2.29. The largest absolute Gasteiger partial charge is 0.395 e. The van der Waals surface area contributed by atoms with Crippen molar-refractivity contribution in [2.45, 2.75) is 26.3 Å². The molecule has 3 heteroatoms. The van der Waals surface area contributed by atoms with E-state index in [-0.39, 0.29) is 18.1 Å². The number of aliphatic hydroxyl groups is 1. The van der Waals surface area contributed by atoms with Crippen LogP contribution in [-0.2, 0) is 6.42 Å². The molecule has 1 atom stereocenters. The SMILES string of the molecule is CC1(C)CNC(CO)CN(CCc2ccccc2)C1. The van der Waals surface area contributed by atoms with Gasteiger partial charge in [-0.1, -0.05) is 44.2 Å².